The minimum absolute atomic E-state index is 0.227. The van der Waals surface area contributed by atoms with Crippen LogP contribution in [0.15, 0.2) is 35.1 Å². The van der Waals surface area contributed by atoms with Crippen molar-refractivity contribution >= 4 is 15.9 Å². The van der Waals surface area contributed by atoms with Crippen LogP contribution < -0.4 is 9.46 Å². The summed E-state index contributed by atoms with van der Waals surface area (Å²) in [6.07, 6.45) is 4.46. The van der Waals surface area contributed by atoms with Crippen LogP contribution >= 0.6 is 0 Å². The molecule has 1 aromatic heterocycles. The first-order valence-electron chi connectivity index (χ1n) is 7.19. The number of aryl methyl sites for hydroxylation is 2. The van der Waals surface area contributed by atoms with Crippen molar-refractivity contribution in [3.05, 3.63) is 47.3 Å². The molecule has 1 aromatic carbocycles. The van der Waals surface area contributed by atoms with Crippen LogP contribution in [0.5, 0.6) is 5.75 Å². The fourth-order valence-corrected chi connectivity index (χ4v) is 3.55. The van der Waals surface area contributed by atoms with E-state index >= 15 is 0 Å². The Hall–Kier alpha value is -2.35. The van der Waals surface area contributed by atoms with Crippen LogP contribution in [0.25, 0.3) is 0 Å². The number of aromatic nitrogens is 1. The number of nitrogens with zero attached hydrogens (tertiary/aromatic N) is 1. The molecule has 1 N–H and O–H groups in total. The second-order valence-electron chi connectivity index (χ2n) is 5.35. The molecule has 0 unspecified atom stereocenters. The number of amides is 1. The van der Waals surface area contributed by atoms with Gasteiger partial charge in [-0.3, -0.25) is 4.79 Å². The van der Waals surface area contributed by atoms with Crippen molar-refractivity contribution in [3.8, 4) is 5.75 Å². The fraction of sp³-hybridized carbons (Fsp3) is 0.333. The highest BCUT2D eigenvalue weighted by Gasteiger charge is 2.18. The zero-order chi connectivity index (χ0) is 16.3. The van der Waals surface area contributed by atoms with E-state index in [2.05, 4.69) is 9.68 Å². The topological polar surface area (TPSA) is 98.5 Å². The number of fused-ring (bicyclic) bond motifs is 1. The van der Waals surface area contributed by atoms with Crippen molar-refractivity contribution < 1.29 is 22.5 Å². The van der Waals surface area contributed by atoms with Crippen LogP contribution in [0.2, 0.25) is 0 Å². The largest absolute Gasteiger partial charge is 0.484 e. The minimum atomic E-state index is -3.82. The fourth-order valence-electron chi connectivity index (χ4n) is 2.53. The molecule has 23 heavy (non-hydrogen) atoms. The first-order chi connectivity index (χ1) is 11.0. The standard InChI is InChI=1S/C15H16N2O5S/c18-15(17-23(19,20)10-13-6-7-22-16-13)9-21-14-5-4-11-2-1-3-12(11)8-14/h4-8H,1-3,9-10H2,(H,17,18). The lowest BCUT2D eigenvalue weighted by Crippen LogP contribution is -2.35. The molecule has 0 saturated carbocycles. The van der Waals surface area contributed by atoms with Gasteiger partial charge in [0.25, 0.3) is 5.91 Å². The highest BCUT2D eigenvalue weighted by atomic mass is 32.2. The van der Waals surface area contributed by atoms with Gasteiger partial charge in [0.2, 0.25) is 10.0 Å². The van der Waals surface area contributed by atoms with Crippen LogP contribution in [0.1, 0.15) is 23.2 Å². The van der Waals surface area contributed by atoms with Crippen LogP contribution in [0.3, 0.4) is 0 Å². The maximum absolute atomic E-state index is 11.8. The Bertz CT molecular complexity index is 799. The molecule has 1 amide bonds. The van der Waals surface area contributed by atoms with Crippen molar-refractivity contribution in [3.63, 3.8) is 0 Å². The van der Waals surface area contributed by atoms with Gasteiger partial charge in [0.05, 0.1) is 0 Å². The van der Waals surface area contributed by atoms with Gasteiger partial charge in [-0.25, -0.2) is 13.1 Å². The molecule has 0 atom stereocenters. The third-order valence-electron chi connectivity index (χ3n) is 3.54. The number of carbonyl (C=O) groups excluding carboxylic acids is 1. The summed E-state index contributed by atoms with van der Waals surface area (Å²) in [6, 6.07) is 7.10. The van der Waals surface area contributed by atoms with Crippen molar-refractivity contribution in [2.45, 2.75) is 25.0 Å². The Balaban J connectivity index is 1.53. The van der Waals surface area contributed by atoms with Crippen LogP contribution in [-0.2, 0) is 33.4 Å². The Morgan fingerprint density at radius 2 is 2.09 bits per heavy atom. The van der Waals surface area contributed by atoms with Gasteiger partial charge in [-0.2, -0.15) is 0 Å². The quantitative estimate of drug-likeness (QED) is 0.851. The smallest absolute Gasteiger partial charge is 0.271 e. The molecule has 0 saturated heterocycles. The number of nitrogens with one attached hydrogen (secondary N) is 1. The van der Waals surface area contributed by atoms with Gasteiger partial charge in [0.1, 0.15) is 23.5 Å². The van der Waals surface area contributed by atoms with Gasteiger partial charge in [-0.05, 0) is 42.5 Å². The zero-order valence-electron chi connectivity index (χ0n) is 12.3. The van der Waals surface area contributed by atoms with Crippen molar-refractivity contribution in [2.24, 2.45) is 0 Å². The zero-order valence-corrected chi connectivity index (χ0v) is 13.1. The number of carbonyl (C=O) groups is 1. The van der Waals surface area contributed by atoms with E-state index in [1.807, 2.05) is 16.9 Å². The summed E-state index contributed by atoms with van der Waals surface area (Å²) >= 11 is 0. The summed E-state index contributed by atoms with van der Waals surface area (Å²) in [4.78, 5) is 11.7. The van der Waals surface area contributed by atoms with Crippen molar-refractivity contribution in [1.82, 2.24) is 9.88 Å². The Morgan fingerprint density at radius 3 is 2.87 bits per heavy atom. The summed E-state index contributed by atoms with van der Waals surface area (Å²) in [7, 11) is -3.82. The summed E-state index contributed by atoms with van der Waals surface area (Å²) in [6.45, 7) is -0.364. The molecule has 2 aromatic rings. The van der Waals surface area contributed by atoms with Gasteiger partial charge in [0.15, 0.2) is 6.61 Å². The average Bonchev–Trinajstić information content (AvgIpc) is 3.14. The SMILES string of the molecule is O=C(COc1ccc2c(c1)CCC2)NS(=O)(=O)Cc1ccon1. The van der Waals surface area contributed by atoms with E-state index in [-0.39, 0.29) is 12.3 Å². The van der Waals surface area contributed by atoms with Gasteiger partial charge < -0.3 is 9.26 Å². The van der Waals surface area contributed by atoms with Crippen molar-refractivity contribution in [2.75, 3.05) is 6.61 Å². The summed E-state index contributed by atoms with van der Waals surface area (Å²) < 4.78 is 35.5. The molecule has 1 aliphatic rings. The maximum Gasteiger partial charge on any atom is 0.271 e. The molecule has 1 aliphatic carbocycles. The molecule has 7 nitrogen and oxygen atoms in total. The van der Waals surface area contributed by atoms with Crippen LogP contribution in [-0.4, -0.2) is 26.1 Å². The minimum Gasteiger partial charge on any atom is -0.484 e. The molecule has 0 aliphatic heterocycles. The Labute approximate surface area is 133 Å². The Kier molecular flexibility index (Phi) is 4.33. The molecule has 0 spiro atoms. The van der Waals surface area contributed by atoms with Gasteiger partial charge >= 0.3 is 0 Å². The lowest BCUT2D eigenvalue weighted by atomic mass is 10.1. The molecule has 8 heteroatoms. The van der Waals surface area contributed by atoms with Crippen LogP contribution in [0, 0.1) is 0 Å². The van der Waals surface area contributed by atoms with E-state index in [9.17, 15) is 13.2 Å². The van der Waals surface area contributed by atoms with Crippen molar-refractivity contribution in [1.29, 1.82) is 0 Å². The molecule has 0 fully saturated rings. The summed E-state index contributed by atoms with van der Waals surface area (Å²) in [5.74, 6) is -0.586. The van der Waals surface area contributed by atoms with Gasteiger partial charge in [-0.15, -0.1) is 0 Å². The molecule has 122 valence electrons. The van der Waals surface area contributed by atoms with E-state index in [1.54, 1.807) is 6.07 Å². The second-order valence-corrected chi connectivity index (χ2v) is 7.07. The summed E-state index contributed by atoms with van der Waals surface area (Å²) in [5, 5.41) is 3.50. The second kappa shape index (κ2) is 6.41. The molecular formula is C15H16N2O5S. The highest BCUT2D eigenvalue weighted by Crippen LogP contribution is 2.25. The number of benzene rings is 1. The third kappa shape index (κ3) is 4.10. The first kappa shape index (κ1) is 15.5. The number of ether oxygens (including phenoxy) is 1. The molecular weight excluding hydrogens is 320 g/mol. The molecule has 1 heterocycles. The number of hydrogen-bond acceptors (Lipinski definition) is 6. The third-order valence-corrected chi connectivity index (χ3v) is 4.75. The predicted molar refractivity (Wildman–Crippen MR) is 81.2 cm³/mol. The number of rotatable bonds is 6. The normalized spacial score (nSPS) is 13.6. The van der Waals surface area contributed by atoms with E-state index in [0.717, 1.165) is 19.3 Å². The molecule has 0 radical (unpaired) electrons. The molecule has 3 rings (SSSR count). The van der Waals surface area contributed by atoms with E-state index < -0.39 is 21.7 Å². The monoisotopic (exact) mass is 336 g/mol. The highest BCUT2D eigenvalue weighted by molar-refractivity contribution is 7.89. The lowest BCUT2D eigenvalue weighted by molar-refractivity contribution is -0.121. The molecule has 0 bridgehead atoms. The predicted octanol–water partition coefficient (Wildman–Crippen LogP) is 1.19. The van der Waals surface area contributed by atoms with E-state index in [0.29, 0.717) is 5.75 Å². The summed E-state index contributed by atoms with van der Waals surface area (Å²) in [5.41, 5.74) is 2.75. The Morgan fingerprint density at radius 1 is 1.26 bits per heavy atom. The van der Waals surface area contributed by atoms with Gasteiger partial charge in [0, 0.05) is 6.07 Å². The number of hydrogen-bond donors (Lipinski definition) is 1. The number of sulfonamides is 1. The van der Waals surface area contributed by atoms with E-state index in [4.69, 9.17) is 4.74 Å². The van der Waals surface area contributed by atoms with Crippen LogP contribution in [0.4, 0.5) is 0 Å². The first-order valence-corrected chi connectivity index (χ1v) is 8.84. The lowest BCUT2D eigenvalue weighted by Gasteiger charge is -2.09. The average molecular weight is 336 g/mol. The maximum atomic E-state index is 11.8. The van der Waals surface area contributed by atoms with E-state index in [1.165, 1.54) is 23.5 Å². The van der Waals surface area contributed by atoms with Gasteiger partial charge in [-0.1, -0.05) is 11.2 Å².